The normalized spacial score (nSPS) is 20.4. The number of carbonyl (C=O) groups is 2. The van der Waals surface area contributed by atoms with Gasteiger partial charge in [0.25, 0.3) is 5.91 Å². The lowest BCUT2D eigenvalue weighted by molar-refractivity contribution is -0.130. The SMILES string of the molecule is COc1ccc(CCN2CCC[C@H](CN(C)C(=O)C3=NN(C)C(=O)CC3)C2)cc1. The molecule has 1 atom stereocenters. The van der Waals surface area contributed by atoms with Gasteiger partial charge in [0, 0.05) is 46.6 Å². The number of rotatable bonds is 7. The van der Waals surface area contributed by atoms with Crippen molar-refractivity contribution in [3.8, 4) is 5.75 Å². The highest BCUT2D eigenvalue weighted by Crippen LogP contribution is 2.19. The average Bonchev–Trinajstić information content (AvgIpc) is 2.74. The molecule has 7 heteroatoms. The Hall–Kier alpha value is -2.41. The van der Waals surface area contributed by atoms with Gasteiger partial charge in [0.2, 0.25) is 5.91 Å². The third kappa shape index (κ3) is 5.79. The number of carbonyl (C=O) groups excluding carboxylic acids is 2. The van der Waals surface area contributed by atoms with Crippen LogP contribution in [0, 0.1) is 5.92 Å². The number of nitrogens with zero attached hydrogens (tertiary/aromatic N) is 4. The number of methoxy groups -OCH3 is 1. The van der Waals surface area contributed by atoms with Crippen molar-refractivity contribution in [2.45, 2.75) is 32.1 Å². The number of hydrazone groups is 1. The smallest absolute Gasteiger partial charge is 0.269 e. The van der Waals surface area contributed by atoms with Gasteiger partial charge < -0.3 is 14.5 Å². The highest BCUT2D eigenvalue weighted by molar-refractivity contribution is 6.39. The van der Waals surface area contributed by atoms with E-state index in [9.17, 15) is 9.59 Å². The Morgan fingerprint density at radius 1 is 1.28 bits per heavy atom. The molecule has 2 heterocycles. The lowest BCUT2D eigenvalue weighted by Crippen LogP contribution is -2.44. The van der Waals surface area contributed by atoms with Crippen LogP contribution in [0.3, 0.4) is 0 Å². The maximum Gasteiger partial charge on any atom is 0.269 e. The monoisotopic (exact) mass is 400 g/mol. The number of likely N-dealkylation sites (tertiary alicyclic amines) is 1. The first-order valence-corrected chi connectivity index (χ1v) is 10.4. The summed E-state index contributed by atoms with van der Waals surface area (Å²) in [6, 6.07) is 8.26. The maximum atomic E-state index is 12.7. The Labute approximate surface area is 173 Å². The van der Waals surface area contributed by atoms with Gasteiger partial charge in [-0.15, -0.1) is 0 Å². The van der Waals surface area contributed by atoms with E-state index in [0.29, 0.717) is 24.5 Å². The Kier molecular flexibility index (Phi) is 7.25. The van der Waals surface area contributed by atoms with Crippen LogP contribution >= 0.6 is 0 Å². The van der Waals surface area contributed by atoms with E-state index in [0.717, 1.165) is 51.2 Å². The lowest BCUT2D eigenvalue weighted by Gasteiger charge is -2.35. The second kappa shape index (κ2) is 9.87. The van der Waals surface area contributed by atoms with Crippen LogP contribution in [0.2, 0.25) is 0 Å². The topological polar surface area (TPSA) is 65.5 Å². The van der Waals surface area contributed by atoms with Crippen LogP contribution in [-0.2, 0) is 16.0 Å². The summed E-state index contributed by atoms with van der Waals surface area (Å²) in [5.74, 6) is 1.26. The van der Waals surface area contributed by atoms with Gasteiger partial charge in [0.15, 0.2) is 0 Å². The fraction of sp³-hybridized carbons (Fsp3) is 0.591. The van der Waals surface area contributed by atoms with Gasteiger partial charge in [-0.25, -0.2) is 5.01 Å². The molecule has 2 amide bonds. The molecule has 2 aliphatic rings. The molecular weight excluding hydrogens is 368 g/mol. The summed E-state index contributed by atoms with van der Waals surface area (Å²) < 4.78 is 5.22. The van der Waals surface area contributed by atoms with Crippen molar-refractivity contribution in [3.63, 3.8) is 0 Å². The Bertz CT molecular complexity index is 747. The van der Waals surface area contributed by atoms with Crippen LogP contribution in [0.15, 0.2) is 29.4 Å². The highest BCUT2D eigenvalue weighted by atomic mass is 16.5. The van der Waals surface area contributed by atoms with E-state index in [1.807, 2.05) is 19.2 Å². The van der Waals surface area contributed by atoms with Crippen LogP contribution in [0.5, 0.6) is 5.75 Å². The van der Waals surface area contributed by atoms with E-state index < -0.39 is 0 Å². The van der Waals surface area contributed by atoms with Crippen LogP contribution in [0.1, 0.15) is 31.2 Å². The van der Waals surface area contributed by atoms with Gasteiger partial charge in [0.05, 0.1) is 7.11 Å². The van der Waals surface area contributed by atoms with E-state index in [1.54, 1.807) is 19.1 Å². The number of benzene rings is 1. The van der Waals surface area contributed by atoms with Gasteiger partial charge in [-0.2, -0.15) is 5.10 Å². The number of hydrogen-bond donors (Lipinski definition) is 0. The lowest BCUT2D eigenvalue weighted by atomic mass is 9.96. The first-order chi connectivity index (χ1) is 14.0. The molecule has 0 unspecified atom stereocenters. The van der Waals surface area contributed by atoms with E-state index in [1.165, 1.54) is 10.6 Å². The van der Waals surface area contributed by atoms with Crippen LogP contribution in [-0.4, -0.2) is 79.7 Å². The summed E-state index contributed by atoms with van der Waals surface area (Å²) in [5, 5.41) is 5.44. The third-order valence-electron chi connectivity index (χ3n) is 5.81. The molecule has 0 aliphatic carbocycles. The quantitative estimate of drug-likeness (QED) is 0.702. The molecule has 1 saturated heterocycles. The molecule has 1 aromatic rings. The molecule has 1 aromatic carbocycles. The molecule has 2 aliphatic heterocycles. The van der Waals surface area contributed by atoms with Gasteiger partial charge in [-0.05, 0) is 49.4 Å². The van der Waals surface area contributed by atoms with Gasteiger partial charge >= 0.3 is 0 Å². The molecule has 3 rings (SSSR count). The molecule has 0 N–H and O–H groups in total. The van der Waals surface area contributed by atoms with E-state index in [4.69, 9.17) is 4.74 Å². The molecular formula is C22H32N4O3. The minimum atomic E-state index is -0.0558. The molecule has 0 aromatic heterocycles. The summed E-state index contributed by atoms with van der Waals surface area (Å²) in [7, 11) is 5.14. The number of amides is 2. The van der Waals surface area contributed by atoms with Crippen molar-refractivity contribution in [1.29, 1.82) is 0 Å². The number of hydrogen-bond acceptors (Lipinski definition) is 5. The molecule has 0 saturated carbocycles. The van der Waals surface area contributed by atoms with Crippen molar-refractivity contribution in [3.05, 3.63) is 29.8 Å². The molecule has 0 radical (unpaired) electrons. The number of ether oxygens (including phenoxy) is 1. The summed E-state index contributed by atoms with van der Waals surface area (Å²) in [4.78, 5) is 28.5. The summed E-state index contributed by atoms with van der Waals surface area (Å²) >= 11 is 0. The Morgan fingerprint density at radius 3 is 2.72 bits per heavy atom. The summed E-state index contributed by atoms with van der Waals surface area (Å²) in [5.41, 5.74) is 1.80. The van der Waals surface area contributed by atoms with Gasteiger partial charge in [-0.1, -0.05) is 12.1 Å². The maximum absolute atomic E-state index is 12.7. The van der Waals surface area contributed by atoms with Crippen molar-refractivity contribution in [2.75, 3.05) is 47.4 Å². The molecule has 158 valence electrons. The largest absolute Gasteiger partial charge is 0.497 e. The first-order valence-electron chi connectivity index (χ1n) is 10.4. The van der Waals surface area contributed by atoms with Crippen molar-refractivity contribution < 1.29 is 14.3 Å². The second-order valence-corrected chi connectivity index (χ2v) is 8.06. The Morgan fingerprint density at radius 2 is 2.03 bits per heavy atom. The van der Waals surface area contributed by atoms with Crippen molar-refractivity contribution in [1.82, 2.24) is 14.8 Å². The van der Waals surface area contributed by atoms with Gasteiger partial charge in [-0.3, -0.25) is 9.59 Å². The molecule has 29 heavy (non-hydrogen) atoms. The molecule has 0 spiro atoms. The predicted molar refractivity (Wildman–Crippen MR) is 113 cm³/mol. The zero-order valence-electron chi connectivity index (χ0n) is 17.8. The minimum absolute atomic E-state index is 0.0380. The third-order valence-corrected chi connectivity index (χ3v) is 5.81. The zero-order valence-corrected chi connectivity index (χ0v) is 17.8. The molecule has 1 fully saturated rings. The predicted octanol–water partition coefficient (Wildman–Crippen LogP) is 2.02. The van der Waals surface area contributed by atoms with Crippen LogP contribution in [0.25, 0.3) is 0 Å². The minimum Gasteiger partial charge on any atom is -0.497 e. The Balaban J connectivity index is 1.47. The van der Waals surface area contributed by atoms with Crippen molar-refractivity contribution >= 4 is 17.5 Å². The molecule has 7 nitrogen and oxygen atoms in total. The number of piperidine rings is 1. The zero-order chi connectivity index (χ0) is 20.8. The highest BCUT2D eigenvalue weighted by Gasteiger charge is 2.27. The average molecular weight is 401 g/mol. The fourth-order valence-corrected chi connectivity index (χ4v) is 4.10. The summed E-state index contributed by atoms with van der Waals surface area (Å²) in [6.45, 7) is 3.89. The summed E-state index contributed by atoms with van der Waals surface area (Å²) in [6.07, 6.45) is 4.11. The van der Waals surface area contributed by atoms with Crippen molar-refractivity contribution in [2.24, 2.45) is 11.0 Å². The van der Waals surface area contributed by atoms with E-state index in [-0.39, 0.29) is 11.8 Å². The second-order valence-electron chi connectivity index (χ2n) is 8.06. The van der Waals surface area contributed by atoms with E-state index >= 15 is 0 Å². The molecule has 0 bridgehead atoms. The standard InChI is InChI=1S/C22H32N4O3/c1-24(22(28)20-10-11-21(27)25(2)23-20)15-18-5-4-13-26(16-18)14-12-17-6-8-19(29-3)9-7-17/h6-9,18H,4-5,10-16H2,1-3H3/t18-/m1/s1. The van der Waals surface area contributed by atoms with E-state index in [2.05, 4.69) is 22.1 Å². The van der Waals surface area contributed by atoms with Crippen LogP contribution in [0.4, 0.5) is 0 Å². The van der Waals surface area contributed by atoms with Crippen LogP contribution < -0.4 is 4.74 Å². The van der Waals surface area contributed by atoms with Gasteiger partial charge in [0.1, 0.15) is 11.5 Å². The first kappa shape index (κ1) is 21.3. The fourth-order valence-electron chi connectivity index (χ4n) is 4.10.